The summed E-state index contributed by atoms with van der Waals surface area (Å²) in [5, 5.41) is 3.72. The highest BCUT2D eigenvalue weighted by atomic mass is 32.1. The molecule has 0 radical (unpaired) electrons. The molecule has 0 bridgehead atoms. The number of hydrogen-bond donors (Lipinski definition) is 1. The Morgan fingerprint density at radius 3 is 2.57 bits per heavy atom. The van der Waals surface area contributed by atoms with Crippen molar-refractivity contribution < 1.29 is 13.2 Å². The summed E-state index contributed by atoms with van der Waals surface area (Å²) in [6.07, 6.45) is -1.51. The predicted molar refractivity (Wildman–Crippen MR) is 48.0 cm³/mol. The number of rotatable bonds is 4. The molecule has 0 spiro atoms. The summed E-state index contributed by atoms with van der Waals surface area (Å²) in [6.45, 7) is 0.213. The summed E-state index contributed by atoms with van der Waals surface area (Å²) in [7, 11) is 0. The maximum absolute atomic E-state index is 12.3. The zero-order valence-corrected chi connectivity index (χ0v) is 8.17. The van der Waals surface area contributed by atoms with Gasteiger partial charge in [-0.15, -0.1) is 0 Å². The van der Waals surface area contributed by atoms with Gasteiger partial charge in [-0.1, -0.05) is 0 Å². The molecule has 1 unspecified atom stereocenters. The lowest BCUT2D eigenvalue weighted by molar-refractivity contribution is -0.170. The van der Waals surface area contributed by atoms with E-state index in [1.807, 2.05) is 0 Å². The van der Waals surface area contributed by atoms with Crippen molar-refractivity contribution in [2.75, 3.05) is 5.75 Å². The number of nitrogens with zero attached hydrogens (tertiary/aromatic N) is 3. The van der Waals surface area contributed by atoms with Crippen molar-refractivity contribution in [3.8, 4) is 0 Å². The molecule has 0 aliphatic rings. The third-order valence-corrected chi connectivity index (χ3v) is 2.30. The first-order chi connectivity index (χ1) is 6.54. The minimum atomic E-state index is -4.18. The SMILES string of the molecule is FC(F)(F)C(CS)CCn1cncn1. The summed E-state index contributed by atoms with van der Waals surface area (Å²) >= 11 is 3.68. The van der Waals surface area contributed by atoms with Crippen molar-refractivity contribution in [3.05, 3.63) is 12.7 Å². The molecule has 1 rings (SSSR count). The minimum Gasteiger partial charge on any atom is -0.253 e. The molecule has 0 aliphatic carbocycles. The fourth-order valence-electron chi connectivity index (χ4n) is 0.995. The van der Waals surface area contributed by atoms with Crippen molar-refractivity contribution in [1.82, 2.24) is 14.8 Å². The lowest BCUT2D eigenvalue weighted by Gasteiger charge is -2.17. The molecule has 0 aromatic carbocycles. The van der Waals surface area contributed by atoms with Gasteiger partial charge in [0.1, 0.15) is 12.7 Å². The number of aryl methyl sites for hydroxylation is 1. The second-order valence-electron chi connectivity index (χ2n) is 2.87. The van der Waals surface area contributed by atoms with E-state index in [0.29, 0.717) is 0 Å². The second-order valence-corrected chi connectivity index (χ2v) is 3.23. The monoisotopic (exact) mass is 225 g/mol. The van der Waals surface area contributed by atoms with E-state index < -0.39 is 12.1 Å². The minimum absolute atomic E-state index is 0.0175. The molecule has 14 heavy (non-hydrogen) atoms. The molecule has 0 aliphatic heterocycles. The molecular weight excluding hydrogens is 215 g/mol. The fourth-order valence-corrected chi connectivity index (χ4v) is 1.38. The number of alkyl halides is 3. The van der Waals surface area contributed by atoms with Gasteiger partial charge in [-0.3, -0.25) is 4.68 Å². The van der Waals surface area contributed by atoms with E-state index in [2.05, 4.69) is 22.7 Å². The fraction of sp³-hybridized carbons (Fsp3) is 0.714. The molecule has 80 valence electrons. The van der Waals surface area contributed by atoms with E-state index in [1.54, 1.807) is 0 Å². The molecule has 1 aromatic heterocycles. The summed E-state index contributed by atoms with van der Waals surface area (Å²) in [4.78, 5) is 3.64. The van der Waals surface area contributed by atoms with Crippen LogP contribution in [-0.2, 0) is 6.54 Å². The van der Waals surface area contributed by atoms with Gasteiger partial charge in [-0.2, -0.15) is 30.9 Å². The van der Waals surface area contributed by atoms with E-state index in [0.717, 1.165) is 0 Å². The highest BCUT2D eigenvalue weighted by molar-refractivity contribution is 7.80. The van der Waals surface area contributed by atoms with Crippen LogP contribution in [0, 0.1) is 5.92 Å². The van der Waals surface area contributed by atoms with E-state index in [1.165, 1.54) is 17.3 Å². The van der Waals surface area contributed by atoms with Crippen molar-refractivity contribution in [2.24, 2.45) is 5.92 Å². The lowest BCUT2D eigenvalue weighted by Crippen LogP contribution is -2.25. The first-order valence-corrected chi connectivity index (χ1v) is 4.67. The van der Waals surface area contributed by atoms with E-state index in [-0.39, 0.29) is 18.7 Å². The van der Waals surface area contributed by atoms with Gasteiger partial charge in [0.2, 0.25) is 0 Å². The van der Waals surface area contributed by atoms with Crippen LogP contribution in [0.1, 0.15) is 6.42 Å². The summed E-state index contributed by atoms with van der Waals surface area (Å²) in [6, 6.07) is 0. The number of thiol groups is 1. The van der Waals surface area contributed by atoms with Gasteiger partial charge in [-0.05, 0) is 6.42 Å². The quantitative estimate of drug-likeness (QED) is 0.792. The summed E-state index contributed by atoms with van der Waals surface area (Å²) in [5.74, 6) is -1.58. The van der Waals surface area contributed by atoms with Gasteiger partial charge < -0.3 is 0 Å². The van der Waals surface area contributed by atoms with Crippen LogP contribution in [0.2, 0.25) is 0 Å². The van der Waals surface area contributed by atoms with Crippen LogP contribution in [0.15, 0.2) is 12.7 Å². The van der Waals surface area contributed by atoms with Crippen LogP contribution in [0.4, 0.5) is 13.2 Å². The van der Waals surface area contributed by atoms with Gasteiger partial charge in [0.25, 0.3) is 0 Å². The Kier molecular flexibility index (Phi) is 3.79. The zero-order valence-electron chi connectivity index (χ0n) is 7.28. The van der Waals surface area contributed by atoms with Crippen molar-refractivity contribution in [3.63, 3.8) is 0 Å². The average Bonchev–Trinajstić information content (AvgIpc) is 2.55. The lowest BCUT2D eigenvalue weighted by atomic mass is 10.1. The van der Waals surface area contributed by atoms with Gasteiger partial charge in [0.15, 0.2) is 0 Å². The van der Waals surface area contributed by atoms with Gasteiger partial charge in [0, 0.05) is 12.3 Å². The molecular formula is C7H10F3N3S. The first kappa shape index (κ1) is 11.4. The Labute approximate surface area is 84.7 Å². The second kappa shape index (κ2) is 4.68. The summed E-state index contributed by atoms with van der Waals surface area (Å²) in [5.41, 5.74) is 0. The zero-order chi connectivity index (χ0) is 10.6. The maximum atomic E-state index is 12.3. The van der Waals surface area contributed by atoms with Crippen LogP contribution < -0.4 is 0 Å². The van der Waals surface area contributed by atoms with Crippen LogP contribution in [0.3, 0.4) is 0 Å². The molecule has 1 heterocycles. The Bertz CT molecular complexity index is 260. The highest BCUT2D eigenvalue weighted by Crippen LogP contribution is 2.29. The molecule has 0 N–H and O–H groups in total. The normalized spacial score (nSPS) is 14.3. The molecule has 0 saturated carbocycles. The largest absolute Gasteiger partial charge is 0.392 e. The van der Waals surface area contributed by atoms with Gasteiger partial charge in [-0.25, -0.2) is 4.98 Å². The highest BCUT2D eigenvalue weighted by Gasteiger charge is 2.37. The Morgan fingerprint density at radius 1 is 1.43 bits per heavy atom. The Balaban J connectivity index is 2.43. The molecule has 0 fully saturated rings. The topological polar surface area (TPSA) is 30.7 Å². The third-order valence-electron chi connectivity index (χ3n) is 1.86. The predicted octanol–water partition coefficient (Wildman–Crippen LogP) is 1.78. The molecule has 3 nitrogen and oxygen atoms in total. The van der Waals surface area contributed by atoms with E-state index in [4.69, 9.17) is 0 Å². The summed E-state index contributed by atoms with van der Waals surface area (Å²) < 4.78 is 38.1. The Morgan fingerprint density at radius 2 is 2.14 bits per heavy atom. The number of halogens is 3. The van der Waals surface area contributed by atoms with E-state index in [9.17, 15) is 13.2 Å². The van der Waals surface area contributed by atoms with Crippen LogP contribution in [0.5, 0.6) is 0 Å². The van der Waals surface area contributed by atoms with Crippen LogP contribution in [-0.4, -0.2) is 26.7 Å². The smallest absolute Gasteiger partial charge is 0.253 e. The molecule has 0 amide bonds. The molecule has 1 aromatic rings. The van der Waals surface area contributed by atoms with Crippen molar-refractivity contribution >= 4 is 12.6 Å². The van der Waals surface area contributed by atoms with Crippen LogP contribution >= 0.6 is 12.6 Å². The average molecular weight is 225 g/mol. The Hall–Kier alpha value is -0.720. The number of hydrogen-bond acceptors (Lipinski definition) is 3. The molecule has 1 atom stereocenters. The maximum Gasteiger partial charge on any atom is 0.392 e. The van der Waals surface area contributed by atoms with Crippen LogP contribution in [0.25, 0.3) is 0 Å². The molecule has 0 saturated heterocycles. The van der Waals surface area contributed by atoms with Gasteiger partial charge in [0.05, 0.1) is 5.92 Å². The van der Waals surface area contributed by atoms with E-state index >= 15 is 0 Å². The molecule has 7 heteroatoms. The number of aromatic nitrogens is 3. The first-order valence-electron chi connectivity index (χ1n) is 4.04. The standard InChI is InChI=1S/C7H10F3N3S/c8-7(9,10)6(3-14)1-2-13-5-11-4-12-13/h4-6,14H,1-3H2. The van der Waals surface area contributed by atoms with Crippen molar-refractivity contribution in [2.45, 2.75) is 19.1 Å². The third kappa shape index (κ3) is 3.21. The van der Waals surface area contributed by atoms with Gasteiger partial charge >= 0.3 is 6.18 Å². The van der Waals surface area contributed by atoms with Crippen molar-refractivity contribution in [1.29, 1.82) is 0 Å².